The van der Waals surface area contributed by atoms with E-state index >= 15 is 0 Å². The molecule has 1 amide bonds. The van der Waals surface area contributed by atoms with E-state index in [1.165, 1.54) is 39.5 Å². The van der Waals surface area contributed by atoms with Crippen molar-refractivity contribution in [3.8, 4) is 17.2 Å². The number of carbonyl (C=O) groups excluding carboxylic acids is 1. The second-order valence-corrected chi connectivity index (χ2v) is 7.43. The molecule has 0 aliphatic rings. The van der Waals surface area contributed by atoms with Crippen LogP contribution in [0.3, 0.4) is 0 Å². The Bertz CT molecular complexity index is 899. The van der Waals surface area contributed by atoms with Gasteiger partial charge in [-0.1, -0.05) is 5.16 Å². The summed E-state index contributed by atoms with van der Waals surface area (Å²) in [6.45, 7) is 1.19. The zero-order valence-corrected chi connectivity index (χ0v) is 16.4. The Labute approximate surface area is 157 Å². The molecule has 1 N–H and O–H groups in total. The van der Waals surface area contributed by atoms with E-state index in [1.807, 2.05) is 0 Å². The third-order valence-corrected chi connectivity index (χ3v) is 4.66. The molecule has 0 saturated carbocycles. The summed E-state index contributed by atoms with van der Waals surface area (Å²) in [5, 5.41) is 6.12. The maximum Gasteiger partial charge on any atom is 0.246 e. The Hall–Kier alpha value is -2.95. The van der Waals surface area contributed by atoms with Gasteiger partial charge in [0.05, 0.1) is 33.3 Å². The lowest BCUT2D eigenvalue weighted by Gasteiger charge is -2.23. The number of nitrogens with one attached hydrogen (secondary N) is 1. The molecule has 0 aliphatic carbocycles. The molecule has 0 fully saturated rings. The van der Waals surface area contributed by atoms with Gasteiger partial charge in [0.25, 0.3) is 0 Å². The monoisotopic (exact) mass is 399 g/mol. The third-order valence-electron chi connectivity index (χ3n) is 3.52. The maximum absolute atomic E-state index is 12.3. The van der Waals surface area contributed by atoms with Crippen LogP contribution in [0.25, 0.3) is 0 Å². The molecule has 0 radical (unpaired) electrons. The Morgan fingerprint density at radius 1 is 1.15 bits per heavy atom. The van der Waals surface area contributed by atoms with Gasteiger partial charge in [-0.25, -0.2) is 8.42 Å². The summed E-state index contributed by atoms with van der Waals surface area (Å²) in [5.74, 6) is 0.925. The average Bonchev–Trinajstić information content (AvgIpc) is 3.01. The van der Waals surface area contributed by atoms with Crippen molar-refractivity contribution in [2.45, 2.75) is 6.92 Å². The Morgan fingerprint density at radius 2 is 1.74 bits per heavy atom. The number of sulfonamides is 1. The molecule has 2 rings (SSSR count). The number of carbonyl (C=O) groups is 1. The average molecular weight is 399 g/mol. The predicted molar refractivity (Wildman–Crippen MR) is 98.2 cm³/mol. The number of methoxy groups -OCH3 is 3. The highest BCUT2D eigenvalue weighted by molar-refractivity contribution is 7.92. The lowest BCUT2D eigenvalue weighted by atomic mass is 10.2. The van der Waals surface area contributed by atoms with Crippen LogP contribution in [0, 0.1) is 6.92 Å². The van der Waals surface area contributed by atoms with Crippen LogP contribution in [0.15, 0.2) is 22.7 Å². The highest BCUT2D eigenvalue weighted by atomic mass is 32.2. The van der Waals surface area contributed by atoms with E-state index in [-0.39, 0.29) is 23.0 Å². The third kappa shape index (κ3) is 4.82. The first-order valence-corrected chi connectivity index (χ1v) is 9.55. The summed E-state index contributed by atoms with van der Waals surface area (Å²) < 4.78 is 46.0. The van der Waals surface area contributed by atoms with Crippen LogP contribution in [0.5, 0.6) is 17.2 Å². The Morgan fingerprint density at radius 3 is 2.15 bits per heavy atom. The van der Waals surface area contributed by atoms with Crippen LogP contribution in [0.4, 0.5) is 11.5 Å². The van der Waals surface area contributed by atoms with E-state index in [0.717, 1.165) is 10.6 Å². The molecule has 0 aliphatic heterocycles. The standard InChI is InChI=1S/C16H21N3O7S/c1-10-6-14(18-26-10)17-15(20)9-19(27(5,21)22)11-7-12(23-2)16(25-4)13(8-11)24-3/h6-8H,9H2,1-5H3,(H,17,18,20). The molecule has 1 aromatic heterocycles. The number of aromatic nitrogens is 1. The van der Waals surface area contributed by atoms with E-state index in [9.17, 15) is 13.2 Å². The molecular weight excluding hydrogens is 378 g/mol. The first kappa shape index (κ1) is 20.4. The molecule has 27 heavy (non-hydrogen) atoms. The summed E-state index contributed by atoms with van der Waals surface area (Å²) in [7, 11) is 0.456. The van der Waals surface area contributed by atoms with Gasteiger partial charge in [-0.2, -0.15) is 0 Å². The molecule has 2 aromatic rings. The quantitative estimate of drug-likeness (QED) is 0.707. The number of aryl methyl sites for hydroxylation is 1. The van der Waals surface area contributed by atoms with Crippen LogP contribution in [-0.2, 0) is 14.8 Å². The summed E-state index contributed by atoms with van der Waals surface area (Å²) >= 11 is 0. The van der Waals surface area contributed by atoms with Crippen molar-refractivity contribution in [2.24, 2.45) is 0 Å². The fourth-order valence-electron chi connectivity index (χ4n) is 2.35. The fourth-order valence-corrected chi connectivity index (χ4v) is 3.19. The number of nitrogens with zero attached hydrogens (tertiary/aromatic N) is 2. The molecule has 148 valence electrons. The van der Waals surface area contributed by atoms with Crippen molar-refractivity contribution in [2.75, 3.05) is 43.8 Å². The summed E-state index contributed by atoms with van der Waals surface area (Å²) in [6, 6.07) is 4.40. The number of hydrogen-bond donors (Lipinski definition) is 1. The van der Waals surface area contributed by atoms with Gasteiger partial charge < -0.3 is 24.1 Å². The summed E-state index contributed by atoms with van der Waals surface area (Å²) in [4.78, 5) is 12.3. The molecule has 0 atom stereocenters. The number of ether oxygens (including phenoxy) is 3. The number of benzene rings is 1. The molecule has 11 heteroatoms. The zero-order valence-electron chi connectivity index (χ0n) is 15.6. The lowest BCUT2D eigenvalue weighted by Crippen LogP contribution is -2.37. The molecule has 1 heterocycles. The van der Waals surface area contributed by atoms with E-state index < -0.39 is 22.5 Å². The van der Waals surface area contributed by atoms with Crippen molar-refractivity contribution in [1.29, 1.82) is 0 Å². The largest absolute Gasteiger partial charge is 0.493 e. The number of anilines is 2. The van der Waals surface area contributed by atoms with Crippen LogP contribution >= 0.6 is 0 Å². The smallest absolute Gasteiger partial charge is 0.246 e. The minimum absolute atomic E-state index is 0.179. The lowest BCUT2D eigenvalue weighted by molar-refractivity contribution is -0.114. The Kier molecular flexibility index (Phi) is 6.16. The van der Waals surface area contributed by atoms with E-state index in [0.29, 0.717) is 11.5 Å². The first-order valence-electron chi connectivity index (χ1n) is 7.70. The second-order valence-electron chi connectivity index (χ2n) is 5.52. The molecule has 1 aromatic carbocycles. The SMILES string of the molecule is COc1cc(N(CC(=O)Nc2cc(C)on2)S(C)(=O)=O)cc(OC)c1OC. The van der Waals surface area contributed by atoms with E-state index in [1.54, 1.807) is 6.92 Å². The van der Waals surface area contributed by atoms with E-state index in [4.69, 9.17) is 18.7 Å². The van der Waals surface area contributed by atoms with Gasteiger partial charge >= 0.3 is 0 Å². The maximum atomic E-state index is 12.3. The van der Waals surface area contributed by atoms with Crippen molar-refractivity contribution in [3.63, 3.8) is 0 Å². The van der Waals surface area contributed by atoms with Gasteiger partial charge in [0.15, 0.2) is 17.3 Å². The van der Waals surface area contributed by atoms with Crippen LogP contribution in [0.1, 0.15) is 5.76 Å². The van der Waals surface area contributed by atoms with Gasteiger partial charge in [0.1, 0.15) is 12.3 Å². The first-order chi connectivity index (χ1) is 12.7. The predicted octanol–water partition coefficient (Wildman–Crippen LogP) is 1.41. The van der Waals surface area contributed by atoms with Gasteiger partial charge in [0, 0.05) is 18.2 Å². The van der Waals surface area contributed by atoms with E-state index in [2.05, 4.69) is 10.5 Å². The van der Waals surface area contributed by atoms with Gasteiger partial charge in [-0.05, 0) is 6.92 Å². The molecule has 0 unspecified atom stereocenters. The second kappa shape index (κ2) is 8.16. The minimum atomic E-state index is -3.79. The van der Waals surface area contributed by atoms with Crippen LogP contribution < -0.4 is 23.8 Å². The van der Waals surface area contributed by atoms with Crippen molar-refractivity contribution in [1.82, 2.24) is 5.16 Å². The minimum Gasteiger partial charge on any atom is -0.493 e. The molecule has 0 bridgehead atoms. The summed E-state index contributed by atoms with van der Waals surface area (Å²) in [6.07, 6.45) is 0.990. The highest BCUT2D eigenvalue weighted by Gasteiger charge is 2.25. The number of rotatable bonds is 8. The normalized spacial score (nSPS) is 11.0. The van der Waals surface area contributed by atoms with Crippen molar-refractivity contribution < 1.29 is 31.9 Å². The molecule has 10 nitrogen and oxygen atoms in total. The topological polar surface area (TPSA) is 120 Å². The van der Waals surface area contributed by atoms with Gasteiger partial charge in [-0.15, -0.1) is 0 Å². The van der Waals surface area contributed by atoms with Crippen LogP contribution in [-0.4, -0.2) is 53.6 Å². The van der Waals surface area contributed by atoms with Gasteiger partial charge in [-0.3, -0.25) is 9.10 Å². The van der Waals surface area contributed by atoms with Gasteiger partial charge in [0.2, 0.25) is 21.7 Å². The van der Waals surface area contributed by atoms with Crippen LogP contribution in [0.2, 0.25) is 0 Å². The molecule has 0 saturated heterocycles. The summed E-state index contributed by atoms with van der Waals surface area (Å²) in [5.41, 5.74) is 0.179. The number of hydrogen-bond acceptors (Lipinski definition) is 8. The zero-order chi connectivity index (χ0) is 20.2. The van der Waals surface area contributed by atoms with Crippen molar-refractivity contribution >= 4 is 27.4 Å². The molecule has 0 spiro atoms. The Balaban J connectivity index is 2.38. The fraction of sp³-hybridized carbons (Fsp3) is 0.375. The number of amides is 1. The van der Waals surface area contributed by atoms with Crippen molar-refractivity contribution in [3.05, 3.63) is 24.0 Å². The molecular formula is C16H21N3O7S. The highest BCUT2D eigenvalue weighted by Crippen LogP contribution is 2.41.